The minimum Gasteiger partial charge on any atom is -0.505 e. The highest BCUT2D eigenvalue weighted by atomic mass is 32.2. The lowest BCUT2D eigenvalue weighted by Gasteiger charge is -2.15. The molecule has 5 aromatic rings. The fraction of sp³-hybridized carbons (Fsp3) is 0.118. The molecule has 0 radical (unpaired) electrons. The Morgan fingerprint density at radius 2 is 1.00 bits per heavy atom. The van der Waals surface area contributed by atoms with Crippen molar-refractivity contribution in [3.8, 4) is 17.2 Å². The van der Waals surface area contributed by atoms with Gasteiger partial charge >= 0.3 is 11.9 Å². The van der Waals surface area contributed by atoms with Crippen LogP contribution in [0, 0.1) is 0 Å². The Balaban J connectivity index is 1.73. The third-order valence-electron chi connectivity index (χ3n) is 7.66. The minimum absolute atomic E-state index is 0.0492. The third kappa shape index (κ3) is 9.35. The highest BCUT2D eigenvalue weighted by Crippen LogP contribution is 2.49. The zero-order chi connectivity index (χ0) is 42.4. The van der Waals surface area contributed by atoms with E-state index in [1.54, 1.807) is 0 Å². The number of hydrogen-bond donors (Lipinski definition) is 8. The van der Waals surface area contributed by atoms with Gasteiger partial charge in [0.25, 0.3) is 20.2 Å². The van der Waals surface area contributed by atoms with Gasteiger partial charge < -0.3 is 40.7 Å². The molecule has 0 aliphatic rings. The van der Waals surface area contributed by atoms with Crippen molar-refractivity contribution in [2.45, 2.75) is 9.79 Å². The molecule has 9 N–H and O–H groups in total. The summed E-state index contributed by atoms with van der Waals surface area (Å²) < 4.78 is 81.5. The van der Waals surface area contributed by atoms with E-state index in [1.807, 2.05) is 0 Å². The van der Waals surface area contributed by atoms with E-state index in [0.29, 0.717) is 12.1 Å². The van der Waals surface area contributed by atoms with Gasteiger partial charge in [-0.2, -0.15) is 16.8 Å². The number of anilines is 1. The Bertz CT molecular complexity index is 2760. The second-order valence-electron chi connectivity index (χ2n) is 11.4. The van der Waals surface area contributed by atoms with Crippen molar-refractivity contribution in [3.63, 3.8) is 0 Å². The van der Waals surface area contributed by atoms with Crippen molar-refractivity contribution in [1.82, 2.24) is 0 Å². The van der Waals surface area contributed by atoms with E-state index < -0.39 is 88.8 Å². The van der Waals surface area contributed by atoms with Crippen LogP contribution < -0.4 is 15.2 Å². The second-order valence-corrected chi connectivity index (χ2v) is 14.2. The first-order valence-electron chi connectivity index (χ1n) is 16.1. The summed E-state index contributed by atoms with van der Waals surface area (Å²) in [7, 11) is -10.6. The number of carboxylic acid groups (broad SMARTS) is 2. The van der Waals surface area contributed by atoms with Crippen molar-refractivity contribution < 1.29 is 70.5 Å². The first-order chi connectivity index (χ1) is 27.5. The van der Waals surface area contributed by atoms with Gasteiger partial charge in [0.15, 0.2) is 5.75 Å². The zero-order valence-corrected chi connectivity index (χ0v) is 30.9. The Morgan fingerprint density at radius 1 is 0.603 bits per heavy atom. The molecule has 0 saturated carbocycles. The lowest BCUT2D eigenvalue weighted by molar-refractivity contribution is 0.0687. The first-order valence-corrected chi connectivity index (χ1v) is 19.0. The summed E-state index contributed by atoms with van der Waals surface area (Å²) in [6, 6.07) is 14.4. The maximum Gasteiger partial charge on any atom is 0.337 e. The van der Waals surface area contributed by atoms with Crippen LogP contribution in [0.2, 0.25) is 0 Å². The highest BCUT2D eigenvalue weighted by molar-refractivity contribution is 7.86. The number of carboxylic acids is 2. The quantitative estimate of drug-likeness (QED) is 0.0320. The monoisotopic (exact) mass is 839 g/mol. The van der Waals surface area contributed by atoms with Gasteiger partial charge in [0.2, 0.25) is 0 Å². The Labute approximate surface area is 326 Å². The summed E-state index contributed by atoms with van der Waals surface area (Å²) in [6.45, 7) is -1.68. The average molecular weight is 840 g/mol. The fourth-order valence-electron chi connectivity index (χ4n) is 5.14. The molecule has 5 aromatic carbocycles. The predicted molar refractivity (Wildman–Crippen MR) is 201 cm³/mol. The highest BCUT2D eigenvalue weighted by Gasteiger charge is 2.28. The summed E-state index contributed by atoms with van der Waals surface area (Å²) in [5.41, 5.74) is 2.47. The standard InChI is InChI=1S/C34H29N7O15S2/c35-29-28-17(13-26(57(49,50)51)30(29)40-37-21-8-4-2-6-19(21)34(47)48)14-27(58(52,53)54)31(32(28)44)41-39-23-16-24(55-11-9-42)22(15-25(23)56-12-10-43)38-36-20-7-3-1-5-18(20)33(45)46/h1-8,13-16,42-44H,9-12,35H2,(H,45,46)(H,47,48)(H,49,50,51)(H,52,53,54). The summed E-state index contributed by atoms with van der Waals surface area (Å²) in [5.74, 6) is -4.20. The normalized spacial score (nSPS) is 12.2. The van der Waals surface area contributed by atoms with Crippen LogP contribution in [0.3, 0.4) is 0 Å². The van der Waals surface area contributed by atoms with Crippen LogP contribution in [0.15, 0.2) is 113 Å². The van der Waals surface area contributed by atoms with Crippen molar-refractivity contribution in [1.29, 1.82) is 0 Å². The molecule has 58 heavy (non-hydrogen) atoms. The Hall–Kier alpha value is -6.96. The number of carbonyl (C=O) groups is 2. The van der Waals surface area contributed by atoms with E-state index in [1.165, 1.54) is 54.6 Å². The molecular formula is C34H29N7O15S2. The number of benzene rings is 5. The van der Waals surface area contributed by atoms with Crippen LogP contribution >= 0.6 is 0 Å². The number of fused-ring (bicyclic) bond motifs is 1. The topological polar surface area (TPSA) is 363 Å². The van der Waals surface area contributed by atoms with Gasteiger partial charge in [-0.3, -0.25) is 9.11 Å². The zero-order valence-electron chi connectivity index (χ0n) is 29.2. The van der Waals surface area contributed by atoms with Gasteiger partial charge in [0, 0.05) is 12.1 Å². The molecule has 0 saturated heterocycles. The van der Waals surface area contributed by atoms with E-state index in [0.717, 1.165) is 6.07 Å². The number of ether oxygens (including phenoxy) is 2. The van der Waals surface area contributed by atoms with Gasteiger partial charge in [-0.25, -0.2) is 9.59 Å². The SMILES string of the molecule is Nc1c(N=Nc2ccccc2C(=O)O)c(S(=O)(=O)O)cc2cc(S(=O)(=O)O)c(N=Nc3cc(OCCO)c(N=Nc4ccccc4C(=O)O)cc3OCCO)c(O)c12. The first kappa shape index (κ1) is 42.2. The van der Waals surface area contributed by atoms with Gasteiger partial charge in [0.1, 0.15) is 68.6 Å². The van der Waals surface area contributed by atoms with Crippen molar-refractivity contribution in [2.75, 3.05) is 32.2 Å². The second kappa shape index (κ2) is 17.5. The van der Waals surface area contributed by atoms with E-state index in [-0.39, 0.29) is 58.6 Å². The lowest BCUT2D eigenvalue weighted by Crippen LogP contribution is -2.04. The van der Waals surface area contributed by atoms with E-state index in [2.05, 4.69) is 30.7 Å². The molecule has 0 aromatic heterocycles. The molecule has 24 heteroatoms. The number of nitrogens with two attached hydrogens (primary N) is 1. The number of aromatic carboxylic acids is 2. The molecule has 0 fully saturated rings. The number of azo groups is 3. The molecule has 0 heterocycles. The van der Waals surface area contributed by atoms with Crippen LogP contribution in [0.5, 0.6) is 17.2 Å². The summed E-state index contributed by atoms with van der Waals surface area (Å²) >= 11 is 0. The van der Waals surface area contributed by atoms with Crippen LogP contribution in [0.25, 0.3) is 10.8 Å². The number of phenols is 1. The smallest absolute Gasteiger partial charge is 0.337 e. The van der Waals surface area contributed by atoms with Crippen LogP contribution in [-0.2, 0) is 20.2 Å². The van der Waals surface area contributed by atoms with Gasteiger partial charge in [-0.1, -0.05) is 24.3 Å². The number of aliphatic hydroxyl groups is 2. The van der Waals surface area contributed by atoms with Crippen molar-refractivity contribution in [3.05, 3.63) is 83.9 Å². The van der Waals surface area contributed by atoms with E-state index in [9.17, 15) is 61.1 Å². The molecule has 0 unspecified atom stereocenters. The fourth-order valence-corrected chi connectivity index (χ4v) is 6.47. The summed E-state index contributed by atoms with van der Waals surface area (Å²) in [5, 5.41) is 71.7. The van der Waals surface area contributed by atoms with Gasteiger partial charge in [-0.05, 0) is 41.8 Å². The summed E-state index contributed by atoms with van der Waals surface area (Å²) in [4.78, 5) is 21.2. The van der Waals surface area contributed by atoms with E-state index >= 15 is 0 Å². The number of rotatable bonds is 16. The Kier molecular flexibility index (Phi) is 12.7. The number of phenolic OH excluding ortho intramolecular Hbond substituents is 1. The van der Waals surface area contributed by atoms with Crippen molar-refractivity contribution in [2.24, 2.45) is 30.7 Å². The number of nitrogen functional groups attached to an aromatic ring is 1. The molecule has 0 spiro atoms. The predicted octanol–water partition coefficient (Wildman–Crippen LogP) is 6.01. The Morgan fingerprint density at radius 3 is 1.45 bits per heavy atom. The summed E-state index contributed by atoms with van der Waals surface area (Å²) in [6.07, 6.45) is 0. The molecule has 0 aliphatic heterocycles. The van der Waals surface area contributed by atoms with Crippen LogP contribution in [0.1, 0.15) is 20.7 Å². The third-order valence-corrected chi connectivity index (χ3v) is 9.39. The number of nitrogens with zero attached hydrogens (tertiary/aromatic N) is 6. The largest absolute Gasteiger partial charge is 0.505 e. The van der Waals surface area contributed by atoms with Gasteiger partial charge in [0.05, 0.1) is 35.4 Å². The maximum atomic E-state index is 12.6. The van der Waals surface area contributed by atoms with Crippen LogP contribution in [0.4, 0.5) is 39.8 Å². The molecule has 5 rings (SSSR count). The lowest BCUT2D eigenvalue weighted by atomic mass is 10.1. The average Bonchev–Trinajstić information content (AvgIpc) is 3.17. The number of aliphatic hydroxyl groups excluding tert-OH is 2. The van der Waals surface area contributed by atoms with Gasteiger partial charge in [-0.15, -0.1) is 30.7 Å². The van der Waals surface area contributed by atoms with E-state index in [4.69, 9.17) is 15.2 Å². The molecule has 22 nitrogen and oxygen atoms in total. The maximum absolute atomic E-state index is 12.6. The molecule has 0 aliphatic carbocycles. The molecule has 0 bridgehead atoms. The molecular weight excluding hydrogens is 811 g/mol. The molecule has 302 valence electrons. The van der Waals surface area contributed by atoms with Crippen molar-refractivity contribution >= 4 is 82.8 Å². The van der Waals surface area contributed by atoms with Crippen LogP contribution in [-0.4, -0.2) is 89.8 Å². The number of aromatic hydroxyl groups is 1. The molecule has 0 atom stereocenters. The minimum atomic E-state index is -5.33. The number of hydrogen-bond acceptors (Lipinski definition) is 18. The molecule has 0 amide bonds.